The number of ether oxygens (including phenoxy) is 2. The SMILES string of the molecule is CCOC(=O)C(F)(CC)c1cc(N(Cc2ccc(OC)cc2)S(=O)(=O)C2CC2)ccn1. The molecule has 1 aliphatic rings. The normalized spacial score (nSPS) is 15.7. The van der Waals surface area contributed by atoms with Gasteiger partial charge in [0.25, 0.3) is 0 Å². The lowest BCUT2D eigenvalue weighted by Gasteiger charge is -2.27. The predicted molar refractivity (Wildman–Crippen MR) is 115 cm³/mol. The van der Waals surface area contributed by atoms with E-state index in [1.54, 1.807) is 38.3 Å². The molecule has 0 N–H and O–H groups in total. The van der Waals surface area contributed by atoms with Crippen LogP contribution in [-0.4, -0.2) is 38.3 Å². The van der Waals surface area contributed by atoms with E-state index < -0.39 is 26.9 Å². The molecule has 9 heteroatoms. The Balaban J connectivity index is 2.01. The van der Waals surface area contributed by atoms with Gasteiger partial charge in [-0.15, -0.1) is 0 Å². The third kappa shape index (κ3) is 4.81. The van der Waals surface area contributed by atoms with Crippen LogP contribution >= 0.6 is 0 Å². The Morgan fingerprint density at radius 3 is 2.45 bits per heavy atom. The first-order valence-electron chi connectivity index (χ1n) is 10.2. The number of alkyl halides is 1. The Kier molecular flexibility index (Phi) is 6.83. The van der Waals surface area contributed by atoms with E-state index in [0.29, 0.717) is 18.6 Å². The second-order valence-corrected chi connectivity index (χ2v) is 9.51. The van der Waals surface area contributed by atoms with Gasteiger partial charge < -0.3 is 9.47 Å². The van der Waals surface area contributed by atoms with E-state index in [-0.39, 0.29) is 31.0 Å². The fraction of sp³-hybridized carbons (Fsp3) is 0.455. The van der Waals surface area contributed by atoms with Crippen molar-refractivity contribution in [2.75, 3.05) is 18.0 Å². The predicted octanol–water partition coefficient (Wildman–Crippen LogP) is 3.73. The molecular weight excluding hydrogens is 423 g/mol. The largest absolute Gasteiger partial charge is 0.497 e. The van der Waals surface area contributed by atoms with Crippen LogP contribution < -0.4 is 9.04 Å². The third-order valence-corrected chi connectivity index (χ3v) is 7.53. The van der Waals surface area contributed by atoms with E-state index in [1.807, 2.05) is 0 Å². The minimum atomic E-state index is -3.66. The van der Waals surface area contributed by atoms with Crippen LogP contribution in [-0.2, 0) is 31.8 Å². The molecule has 1 saturated carbocycles. The summed E-state index contributed by atoms with van der Waals surface area (Å²) in [5.74, 6) is -0.375. The summed E-state index contributed by atoms with van der Waals surface area (Å²) in [4.78, 5) is 16.3. The number of methoxy groups -OCH3 is 1. The van der Waals surface area contributed by atoms with Gasteiger partial charge in [0, 0.05) is 6.20 Å². The molecule has 168 valence electrons. The van der Waals surface area contributed by atoms with Crippen LogP contribution in [0.5, 0.6) is 5.75 Å². The molecule has 1 atom stereocenters. The Hall–Kier alpha value is -2.68. The smallest absolute Gasteiger partial charge is 0.350 e. The van der Waals surface area contributed by atoms with Crippen LogP contribution in [0.1, 0.15) is 44.4 Å². The van der Waals surface area contributed by atoms with Gasteiger partial charge in [-0.25, -0.2) is 17.6 Å². The average molecular weight is 451 g/mol. The highest BCUT2D eigenvalue weighted by molar-refractivity contribution is 7.93. The number of hydrogen-bond donors (Lipinski definition) is 0. The summed E-state index contributed by atoms with van der Waals surface area (Å²) >= 11 is 0. The molecule has 1 aromatic carbocycles. The van der Waals surface area contributed by atoms with Gasteiger partial charge in [0.2, 0.25) is 15.7 Å². The first-order valence-corrected chi connectivity index (χ1v) is 11.7. The van der Waals surface area contributed by atoms with Crippen LogP contribution in [0, 0.1) is 0 Å². The van der Waals surface area contributed by atoms with Crippen molar-refractivity contribution in [1.29, 1.82) is 0 Å². The van der Waals surface area contributed by atoms with E-state index in [4.69, 9.17) is 9.47 Å². The molecule has 0 amide bonds. The van der Waals surface area contributed by atoms with Crippen molar-refractivity contribution >= 4 is 21.7 Å². The first-order chi connectivity index (χ1) is 14.8. The monoisotopic (exact) mass is 450 g/mol. The lowest BCUT2D eigenvalue weighted by atomic mass is 9.97. The van der Waals surface area contributed by atoms with Gasteiger partial charge in [0.1, 0.15) is 5.75 Å². The van der Waals surface area contributed by atoms with Crippen molar-refractivity contribution in [2.24, 2.45) is 0 Å². The number of rotatable bonds is 10. The van der Waals surface area contributed by atoms with Gasteiger partial charge >= 0.3 is 5.97 Å². The topological polar surface area (TPSA) is 85.8 Å². The van der Waals surface area contributed by atoms with Crippen LogP contribution in [0.3, 0.4) is 0 Å². The van der Waals surface area contributed by atoms with Crippen molar-refractivity contribution in [2.45, 2.75) is 50.6 Å². The summed E-state index contributed by atoms with van der Waals surface area (Å²) < 4.78 is 53.2. The number of carbonyl (C=O) groups is 1. The Morgan fingerprint density at radius 2 is 1.90 bits per heavy atom. The highest BCUT2D eigenvalue weighted by Crippen LogP contribution is 2.37. The average Bonchev–Trinajstić information content (AvgIpc) is 3.63. The highest BCUT2D eigenvalue weighted by atomic mass is 32.2. The van der Waals surface area contributed by atoms with Crippen LogP contribution in [0.15, 0.2) is 42.6 Å². The molecule has 0 spiro atoms. The van der Waals surface area contributed by atoms with Crippen molar-refractivity contribution in [3.05, 3.63) is 53.9 Å². The molecule has 3 rings (SSSR count). The number of pyridine rings is 1. The number of nitrogens with zero attached hydrogens (tertiary/aromatic N) is 2. The van der Waals surface area contributed by atoms with E-state index in [0.717, 1.165) is 5.56 Å². The molecule has 0 bridgehead atoms. The zero-order chi connectivity index (χ0) is 22.6. The molecule has 31 heavy (non-hydrogen) atoms. The number of carbonyl (C=O) groups excluding carboxylic acids is 1. The fourth-order valence-electron chi connectivity index (χ4n) is 3.24. The first kappa shape index (κ1) is 23.0. The van der Waals surface area contributed by atoms with Crippen molar-refractivity contribution in [3.8, 4) is 5.75 Å². The van der Waals surface area contributed by atoms with E-state index in [2.05, 4.69) is 4.98 Å². The van der Waals surface area contributed by atoms with E-state index in [1.165, 1.54) is 29.6 Å². The maximum atomic E-state index is 15.5. The van der Waals surface area contributed by atoms with E-state index in [9.17, 15) is 13.2 Å². The quantitative estimate of drug-likeness (QED) is 0.513. The van der Waals surface area contributed by atoms with Crippen molar-refractivity contribution in [1.82, 2.24) is 4.98 Å². The Labute approximate surface area is 182 Å². The molecule has 1 aliphatic carbocycles. The summed E-state index contributed by atoms with van der Waals surface area (Å²) in [7, 11) is -2.11. The number of halogens is 1. The summed E-state index contributed by atoms with van der Waals surface area (Å²) in [5, 5.41) is -0.464. The summed E-state index contributed by atoms with van der Waals surface area (Å²) in [6, 6.07) is 9.89. The number of sulfonamides is 1. The highest BCUT2D eigenvalue weighted by Gasteiger charge is 2.44. The minimum Gasteiger partial charge on any atom is -0.497 e. The second kappa shape index (κ2) is 9.21. The molecular formula is C22H27FN2O5S. The van der Waals surface area contributed by atoms with Crippen molar-refractivity contribution < 1.29 is 27.1 Å². The van der Waals surface area contributed by atoms with Gasteiger partial charge in [-0.1, -0.05) is 19.1 Å². The Morgan fingerprint density at radius 1 is 1.23 bits per heavy atom. The van der Waals surface area contributed by atoms with Crippen LogP contribution in [0.4, 0.5) is 10.1 Å². The lowest BCUT2D eigenvalue weighted by molar-refractivity contribution is -0.158. The molecule has 2 aromatic rings. The number of aromatic nitrogens is 1. The van der Waals surface area contributed by atoms with E-state index >= 15 is 4.39 Å². The maximum Gasteiger partial charge on any atom is 0.350 e. The fourth-order valence-corrected chi connectivity index (χ4v) is 5.07. The summed E-state index contributed by atoms with van der Waals surface area (Å²) in [6.07, 6.45) is 2.31. The van der Waals surface area contributed by atoms with Gasteiger partial charge in [0.05, 0.1) is 36.9 Å². The molecule has 1 fully saturated rings. The minimum absolute atomic E-state index is 0.0316. The molecule has 1 aromatic heterocycles. The van der Waals surface area contributed by atoms with Gasteiger partial charge in [-0.05, 0) is 56.0 Å². The molecule has 0 aliphatic heterocycles. The summed E-state index contributed by atoms with van der Waals surface area (Å²) in [5.41, 5.74) is -1.62. The molecule has 0 radical (unpaired) electrons. The summed E-state index contributed by atoms with van der Waals surface area (Å²) in [6.45, 7) is 3.21. The molecule has 7 nitrogen and oxygen atoms in total. The number of anilines is 1. The number of benzene rings is 1. The Bertz CT molecular complexity index is 1020. The standard InChI is InChI=1S/C22H27FN2O5S/c1-4-22(23,21(26)30-5-2)20-14-17(12-13-24-20)25(31(27,28)19-10-11-19)15-16-6-8-18(29-3)9-7-16/h6-9,12-14,19H,4-5,10-11,15H2,1-3H3. The number of esters is 1. The van der Waals surface area contributed by atoms with Gasteiger partial charge in [-0.2, -0.15) is 0 Å². The number of hydrogen-bond acceptors (Lipinski definition) is 6. The van der Waals surface area contributed by atoms with Crippen LogP contribution in [0.2, 0.25) is 0 Å². The van der Waals surface area contributed by atoms with Crippen LogP contribution in [0.25, 0.3) is 0 Å². The molecule has 0 saturated heterocycles. The zero-order valence-corrected chi connectivity index (χ0v) is 18.7. The second-order valence-electron chi connectivity index (χ2n) is 7.37. The van der Waals surface area contributed by atoms with Gasteiger partial charge in [0.15, 0.2) is 0 Å². The molecule has 1 unspecified atom stereocenters. The van der Waals surface area contributed by atoms with Crippen molar-refractivity contribution in [3.63, 3.8) is 0 Å². The lowest BCUT2D eigenvalue weighted by Crippen LogP contribution is -2.35. The van der Waals surface area contributed by atoms with Gasteiger partial charge in [-0.3, -0.25) is 9.29 Å². The third-order valence-electron chi connectivity index (χ3n) is 5.26. The zero-order valence-electron chi connectivity index (χ0n) is 17.9. The molecule has 1 heterocycles. The maximum absolute atomic E-state index is 15.5.